The van der Waals surface area contributed by atoms with Gasteiger partial charge in [-0.2, -0.15) is 0 Å². The van der Waals surface area contributed by atoms with Crippen LogP contribution in [-0.2, 0) is 25.5 Å². The van der Waals surface area contributed by atoms with Crippen molar-refractivity contribution in [3.8, 4) is 0 Å². The molecule has 176 valence electrons. The zero-order valence-corrected chi connectivity index (χ0v) is 19.4. The molecule has 3 rings (SSSR count). The van der Waals surface area contributed by atoms with E-state index in [2.05, 4.69) is 10.6 Å². The molecule has 2 fully saturated rings. The largest absolute Gasteiger partial charge is 0.464 e. The first-order valence-corrected chi connectivity index (χ1v) is 11.2. The molecule has 8 heteroatoms. The maximum Gasteiger partial charge on any atom is 0.408 e. The number of carbonyl (C=O) groups is 3. The van der Waals surface area contributed by atoms with Gasteiger partial charge in [0.25, 0.3) is 0 Å². The predicted octanol–water partition coefficient (Wildman–Crippen LogP) is 2.19. The van der Waals surface area contributed by atoms with E-state index in [0.29, 0.717) is 0 Å². The number of hydrogen-bond acceptors (Lipinski definition) is 6. The van der Waals surface area contributed by atoms with Crippen LogP contribution in [0.15, 0.2) is 30.3 Å². The van der Waals surface area contributed by atoms with Crippen molar-refractivity contribution in [2.24, 2.45) is 17.8 Å². The Kier molecular flexibility index (Phi) is 6.83. The van der Waals surface area contributed by atoms with E-state index in [1.165, 1.54) is 0 Å². The molecule has 1 aromatic rings. The number of aliphatic hydroxyl groups excluding tert-OH is 1. The summed E-state index contributed by atoms with van der Waals surface area (Å²) in [6.07, 6.45) is -1.09. The lowest BCUT2D eigenvalue weighted by Gasteiger charge is -2.33. The summed E-state index contributed by atoms with van der Waals surface area (Å²) in [7, 11) is 0. The molecule has 1 aromatic carbocycles. The fourth-order valence-corrected chi connectivity index (χ4v) is 4.94. The maximum atomic E-state index is 13.4. The number of rotatable bonds is 7. The molecule has 2 aliphatic carbocycles. The molecule has 0 unspecified atom stereocenters. The molecule has 0 radical (unpaired) electrons. The lowest BCUT2D eigenvalue weighted by atomic mass is 9.89. The van der Waals surface area contributed by atoms with Gasteiger partial charge in [0.1, 0.15) is 17.2 Å². The number of esters is 1. The summed E-state index contributed by atoms with van der Waals surface area (Å²) in [5, 5.41) is 16.0. The quantitative estimate of drug-likeness (QED) is 0.553. The Hall–Kier alpha value is -2.61. The van der Waals surface area contributed by atoms with Gasteiger partial charge in [-0.3, -0.25) is 4.79 Å². The van der Waals surface area contributed by atoms with E-state index in [-0.39, 0.29) is 37.2 Å². The average molecular weight is 447 g/mol. The van der Waals surface area contributed by atoms with Gasteiger partial charge in [0, 0.05) is 18.8 Å². The van der Waals surface area contributed by atoms with Crippen molar-refractivity contribution >= 4 is 18.0 Å². The van der Waals surface area contributed by atoms with Crippen LogP contribution in [0.3, 0.4) is 0 Å². The van der Waals surface area contributed by atoms with Crippen LogP contribution in [0.5, 0.6) is 0 Å². The fraction of sp³-hybridized carbons (Fsp3) is 0.625. The van der Waals surface area contributed by atoms with Crippen LogP contribution in [0.2, 0.25) is 0 Å². The average Bonchev–Trinajstić information content (AvgIpc) is 3.27. The van der Waals surface area contributed by atoms with Gasteiger partial charge in [-0.25, -0.2) is 9.59 Å². The predicted molar refractivity (Wildman–Crippen MR) is 118 cm³/mol. The number of fused-ring (bicyclic) bond motifs is 1. The molecule has 0 aromatic heterocycles. The van der Waals surface area contributed by atoms with E-state index < -0.39 is 41.3 Å². The first-order valence-electron chi connectivity index (χ1n) is 11.2. The van der Waals surface area contributed by atoms with Gasteiger partial charge in [-0.1, -0.05) is 37.3 Å². The number of ether oxygens (including phenoxy) is 2. The molecule has 2 saturated carbocycles. The monoisotopic (exact) mass is 446 g/mol. The second-order valence-electron chi connectivity index (χ2n) is 9.80. The van der Waals surface area contributed by atoms with E-state index in [1.807, 2.05) is 37.3 Å². The van der Waals surface area contributed by atoms with Crippen molar-refractivity contribution in [1.29, 1.82) is 0 Å². The van der Waals surface area contributed by atoms with Crippen molar-refractivity contribution in [3.63, 3.8) is 0 Å². The summed E-state index contributed by atoms with van der Waals surface area (Å²) in [4.78, 5) is 38.8. The van der Waals surface area contributed by atoms with Crippen LogP contribution in [-0.4, -0.2) is 53.0 Å². The Balaban J connectivity index is 1.83. The molecular formula is C24H34N2O6. The summed E-state index contributed by atoms with van der Waals surface area (Å²) in [5.74, 6) is -1.21. The molecule has 32 heavy (non-hydrogen) atoms. The number of carbonyl (C=O) groups excluding carboxylic acids is 3. The first-order chi connectivity index (χ1) is 15.0. The maximum absolute atomic E-state index is 13.4. The van der Waals surface area contributed by atoms with Crippen molar-refractivity contribution in [2.45, 2.75) is 70.7 Å². The lowest BCUT2D eigenvalue weighted by Crippen LogP contribution is -2.61. The second kappa shape index (κ2) is 9.10. The Bertz CT molecular complexity index is 852. The summed E-state index contributed by atoms with van der Waals surface area (Å²) in [5.41, 5.74) is -1.18. The number of alkyl carbamates (subject to hydrolysis) is 1. The molecule has 2 amide bonds. The van der Waals surface area contributed by atoms with Gasteiger partial charge in [0.05, 0.1) is 12.7 Å². The zero-order chi connectivity index (χ0) is 23.7. The van der Waals surface area contributed by atoms with Gasteiger partial charge in [-0.05, 0) is 45.1 Å². The van der Waals surface area contributed by atoms with Gasteiger partial charge in [0.15, 0.2) is 0 Å². The Morgan fingerprint density at radius 3 is 2.41 bits per heavy atom. The number of benzene rings is 1. The Morgan fingerprint density at radius 1 is 1.22 bits per heavy atom. The standard InChI is InChI=1S/C24H34N2O6/c1-6-31-21(29)24(13-17(27)18-14(2)19(18)24)26-20(28)16(12-15-10-8-7-9-11-15)25-22(30)32-23(3,4)5/h7-11,14,16-19,27H,6,12-13H2,1-5H3,(H,25,30)(H,26,28)/t14-,16-,17-,18+,19+,24-/m0/s1. The minimum Gasteiger partial charge on any atom is -0.464 e. The molecule has 0 aliphatic heterocycles. The SMILES string of the molecule is CCOC(=O)[C@]1(NC(=O)[C@H](Cc2ccccc2)NC(=O)OC(C)(C)C)C[C@H](O)[C@H]2[C@H](C)[C@H]21. The highest BCUT2D eigenvalue weighted by atomic mass is 16.6. The van der Waals surface area contributed by atoms with Crippen LogP contribution < -0.4 is 10.6 Å². The zero-order valence-electron chi connectivity index (χ0n) is 19.4. The lowest BCUT2D eigenvalue weighted by molar-refractivity contribution is -0.155. The number of aliphatic hydroxyl groups is 1. The van der Waals surface area contributed by atoms with Crippen LogP contribution >= 0.6 is 0 Å². The van der Waals surface area contributed by atoms with Crippen molar-refractivity contribution < 1.29 is 29.0 Å². The van der Waals surface area contributed by atoms with Crippen molar-refractivity contribution in [1.82, 2.24) is 10.6 Å². The van der Waals surface area contributed by atoms with Crippen molar-refractivity contribution in [3.05, 3.63) is 35.9 Å². The molecule has 3 N–H and O–H groups in total. The van der Waals surface area contributed by atoms with Gasteiger partial charge in [-0.15, -0.1) is 0 Å². The normalized spacial score (nSPS) is 29.4. The molecule has 0 heterocycles. The smallest absolute Gasteiger partial charge is 0.408 e. The molecule has 6 atom stereocenters. The topological polar surface area (TPSA) is 114 Å². The summed E-state index contributed by atoms with van der Waals surface area (Å²) < 4.78 is 10.6. The van der Waals surface area contributed by atoms with Crippen molar-refractivity contribution in [2.75, 3.05) is 6.61 Å². The minimum atomic E-state index is -1.30. The number of amides is 2. The van der Waals surface area contributed by atoms with Crippen LogP contribution in [0.4, 0.5) is 4.79 Å². The molecule has 2 aliphatic rings. The highest BCUT2D eigenvalue weighted by Crippen LogP contribution is 2.62. The molecule has 0 spiro atoms. The summed E-state index contributed by atoms with van der Waals surface area (Å²) >= 11 is 0. The van der Waals surface area contributed by atoms with E-state index in [0.717, 1.165) is 5.56 Å². The van der Waals surface area contributed by atoms with Crippen LogP contribution in [0.1, 0.15) is 46.6 Å². The number of nitrogens with one attached hydrogen (secondary N) is 2. The third-order valence-corrected chi connectivity index (χ3v) is 6.27. The van der Waals surface area contributed by atoms with E-state index >= 15 is 0 Å². The summed E-state index contributed by atoms with van der Waals surface area (Å²) in [6.45, 7) is 9.05. The fourth-order valence-electron chi connectivity index (χ4n) is 4.94. The van der Waals surface area contributed by atoms with E-state index in [9.17, 15) is 19.5 Å². The third kappa shape index (κ3) is 5.06. The molecule has 0 bridgehead atoms. The Labute approximate surface area is 189 Å². The van der Waals surface area contributed by atoms with E-state index in [4.69, 9.17) is 9.47 Å². The van der Waals surface area contributed by atoms with Crippen LogP contribution in [0.25, 0.3) is 0 Å². The molecular weight excluding hydrogens is 412 g/mol. The minimum absolute atomic E-state index is 0.0499. The first kappa shape index (κ1) is 24.0. The third-order valence-electron chi connectivity index (χ3n) is 6.27. The summed E-state index contributed by atoms with van der Waals surface area (Å²) in [6, 6.07) is 8.31. The van der Waals surface area contributed by atoms with Gasteiger partial charge in [0.2, 0.25) is 5.91 Å². The number of hydrogen-bond donors (Lipinski definition) is 3. The van der Waals surface area contributed by atoms with E-state index in [1.54, 1.807) is 27.7 Å². The van der Waals surface area contributed by atoms with Gasteiger partial charge < -0.3 is 25.2 Å². The molecule has 8 nitrogen and oxygen atoms in total. The highest BCUT2D eigenvalue weighted by Gasteiger charge is 2.71. The van der Waals surface area contributed by atoms with Crippen LogP contribution in [0, 0.1) is 17.8 Å². The second-order valence-corrected chi connectivity index (χ2v) is 9.80. The highest BCUT2D eigenvalue weighted by molar-refractivity contribution is 5.93. The van der Waals surface area contributed by atoms with Gasteiger partial charge >= 0.3 is 12.1 Å². The Morgan fingerprint density at radius 2 is 1.88 bits per heavy atom. The molecule has 0 saturated heterocycles.